The van der Waals surface area contributed by atoms with Crippen LogP contribution >= 0.6 is 15.9 Å². The van der Waals surface area contributed by atoms with Crippen molar-refractivity contribution in [2.45, 2.75) is 124 Å². The molecular formula is C38H56BrN3O6SeSi2. The van der Waals surface area contributed by atoms with Gasteiger partial charge >= 0.3 is 324 Å². The minimum absolute atomic E-state index is 0.127. The summed E-state index contributed by atoms with van der Waals surface area (Å²) in [6.07, 6.45) is -1.89. The molecule has 4 saturated heterocycles. The minimum atomic E-state index is -3.08. The molecule has 13 heteroatoms. The first kappa shape index (κ1) is 39.7. The summed E-state index contributed by atoms with van der Waals surface area (Å²) in [6.45, 7) is 21.1. The number of morpholine rings is 1. The van der Waals surface area contributed by atoms with Crippen molar-refractivity contribution >= 4 is 52.5 Å². The molecule has 7 rings (SSSR count). The molecule has 0 aromatic heterocycles. The molecule has 4 heterocycles. The van der Waals surface area contributed by atoms with E-state index in [-0.39, 0.29) is 53.0 Å². The Balaban J connectivity index is 1.62. The van der Waals surface area contributed by atoms with Gasteiger partial charge in [-0.3, -0.25) is 0 Å². The van der Waals surface area contributed by atoms with Gasteiger partial charge in [0.05, 0.1) is 0 Å². The van der Waals surface area contributed by atoms with Gasteiger partial charge in [-0.25, -0.2) is 0 Å². The van der Waals surface area contributed by atoms with E-state index in [4.69, 9.17) is 27.3 Å². The molecule has 2 aromatic carbocycles. The molecule has 2 aromatic rings. The Morgan fingerprint density at radius 1 is 0.882 bits per heavy atom. The zero-order chi connectivity index (χ0) is 36.6. The molecule has 0 amide bonds. The van der Waals surface area contributed by atoms with E-state index in [9.17, 15) is 5.26 Å². The third-order valence-electron chi connectivity index (χ3n) is 11.3. The van der Waals surface area contributed by atoms with E-state index < -0.39 is 46.9 Å². The van der Waals surface area contributed by atoms with Crippen molar-refractivity contribution in [3.63, 3.8) is 0 Å². The first-order valence-corrected chi connectivity index (χ1v) is 25.3. The predicted octanol–water partition coefficient (Wildman–Crippen LogP) is 6.56. The normalized spacial score (nSPS) is 33.6. The molecule has 0 spiro atoms. The molecule has 0 radical (unpaired) electrons. The van der Waals surface area contributed by atoms with Crippen LogP contribution in [0.5, 0.6) is 0 Å². The summed E-state index contributed by atoms with van der Waals surface area (Å²) in [5.41, 5.74) is 4.28. The summed E-state index contributed by atoms with van der Waals surface area (Å²) in [5.74, 6) is -0.581. The van der Waals surface area contributed by atoms with Crippen molar-refractivity contribution in [1.82, 2.24) is 10.4 Å². The van der Waals surface area contributed by atoms with Crippen molar-refractivity contribution in [2.75, 3.05) is 26.3 Å². The average Bonchev–Trinajstić information content (AvgIpc) is 3.40. The van der Waals surface area contributed by atoms with Crippen LogP contribution in [0.15, 0.2) is 60.7 Å². The topological polar surface area (TPSA) is 94.4 Å². The quantitative estimate of drug-likeness (QED) is 0.153. The number of ether oxygens (including phenoxy) is 2. The van der Waals surface area contributed by atoms with Crippen LogP contribution in [0.3, 0.4) is 0 Å². The monoisotopic (exact) mass is 865 g/mol. The van der Waals surface area contributed by atoms with Gasteiger partial charge in [0, 0.05) is 0 Å². The van der Waals surface area contributed by atoms with Gasteiger partial charge in [0.15, 0.2) is 0 Å². The number of hydrogen-bond acceptors (Lipinski definition) is 9. The summed E-state index contributed by atoms with van der Waals surface area (Å²) in [7, 11) is -6.08. The second-order valence-electron chi connectivity index (χ2n) is 15.6. The molecule has 51 heavy (non-hydrogen) atoms. The third-order valence-corrected chi connectivity index (χ3v) is 25.6. The van der Waals surface area contributed by atoms with Gasteiger partial charge < -0.3 is 0 Å². The van der Waals surface area contributed by atoms with Crippen molar-refractivity contribution in [1.29, 1.82) is 5.26 Å². The van der Waals surface area contributed by atoms with Crippen LogP contribution in [0.25, 0.3) is 0 Å². The number of nitrogens with zero attached hydrogens (tertiary/aromatic N) is 2. The van der Waals surface area contributed by atoms with Crippen molar-refractivity contribution in [2.24, 2.45) is 5.92 Å². The number of benzene rings is 2. The standard InChI is InChI=1S/C38H56BrN3O6SeSi2/c1-25(2)50(26(3)4)46-34-33-32(39)31(23-40)38(41-44-24-29-15-11-9-12-16-29,35(34)47-51(48-50,27(5)6)28(7)8)36(49-30-17-13-10-14-18-30)37(45-33)42-19-21-43-22-20-42/h9-18,25-28,31-37,41H,19-22,24H2,1-8H3/t31-,32?,33?,34-,35?,36?,37-,38?/m1/s1. The fourth-order valence-corrected chi connectivity index (χ4v) is 24.1. The molecule has 5 aliphatic rings. The van der Waals surface area contributed by atoms with Crippen LogP contribution in [0, 0.1) is 17.2 Å². The van der Waals surface area contributed by atoms with Gasteiger partial charge in [0.1, 0.15) is 0 Å². The number of halogens is 1. The molecule has 1 saturated carbocycles. The Hall–Kier alpha value is -0.957. The zero-order valence-electron chi connectivity index (χ0n) is 31.3. The first-order valence-electron chi connectivity index (χ1n) is 18.6. The van der Waals surface area contributed by atoms with Crippen molar-refractivity contribution < 1.29 is 27.3 Å². The van der Waals surface area contributed by atoms with Crippen LogP contribution in [0.2, 0.25) is 27.0 Å². The first-order chi connectivity index (χ1) is 24.4. The number of rotatable bonds is 11. The fraction of sp³-hybridized carbons (Fsp3) is 0.658. The van der Waals surface area contributed by atoms with Gasteiger partial charge in [-0.1, -0.05) is 0 Å². The Morgan fingerprint density at radius 2 is 1.45 bits per heavy atom. The number of hydrogen-bond donors (Lipinski definition) is 1. The van der Waals surface area contributed by atoms with Crippen LogP contribution < -0.4 is 9.94 Å². The van der Waals surface area contributed by atoms with Gasteiger partial charge in [0.2, 0.25) is 0 Å². The summed E-state index contributed by atoms with van der Waals surface area (Å²) in [5, 5.41) is 11.4. The maximum absolute atomic E-state index is 11.4. The second-order valence-corrected chi connectivity index (χ2v) is 28.0. The molecular weight excluding hydrogens is 809 g/mol. The summed E-state index contributed by atoms with van der Waals surface area (Å²) in [6, 6.07) is 23.6. The van der Waals surface area contributed by atoms with Gasteiger partial charge in [0.25, 0.3) is 0 Å². The van der Waals surface area contributed by atoms with Gasteiger partial charge in [-0.15, -0.1) is 0 Å². The summed E-state index contributed by atoms with van der Waals surface area (Å²) < 4.78 is 37.9. The number of nitrogens with one attached hydrogen (secondary N) is 1. The van der Waals surface area contributed by atoms with Crippen molar-refractivity contribution in [3.8, 4) is 6.07 Å². The second kappa shape index (κ2) is 16.4. The number of fused-ring (bicyclic) bond motifs is 3. The maximum atomic E-state index is 11.4. The SMILES string of the molecule is CC(C)[Si]1(C(C)C)OC2[C@H](O[Si](C(C)C)(C(C)C)O1)C1O[C@@H](N3CCOCC3)C([Se]c3ccccc3)C2(NOCc2ccccc2)[C@H](C#N)C1Br. The molecule has 1 N–H and O–H groups in total. The number of nitriles is 1. The molecule has 1 aliphatic carbocycles. The fourth-order valence-electron chi connectivity index (χ4n) is 8.65. The Bertz CT molecular complexity index is 1470. The van der Waals surface area contributed by atoms with E-state index in [1.54, 1.807) is 0 Å². The van der Waals surface area contributed by atoms with E-state index in [0.717, 1.165) is 18.7 Å². The Morgan fingerprint density at radius 3 is 2.02 bits per heavy atom. The van der Waals surface area contributed by atoms with E-state index in [2.05, 4.69) is 130 Å². The molecule has 280 valence electrons. The molecule has 9 nitrogen and oxygen atoms in total. The molecule has 8 atom stereocenters. The van der Waals surface area contributed by atoms with Crippen molar-refractivity contribution in [3.05, 3.63) is 66.2 Å². The predicted molar refractivity (Wildman–Crippen MR) is 208 cm³/mol. The van der Waals surface area contributed by atoms with Crippen LogP contribution in [-0.4, -0.2) is 98.2 Å². The molecule has 2 bridgehead atoms. The molecule has 5 fully saturated rings. The number of hydroxylamine groups is 1. The van der Waals surface area contributed by atoms with Gasteiger partial charge in [-0.2, -0.15) is 0 Å². The van der Waals surface area contributed by atoms with E-state index in [1.165, 1.54) is 4.46 Å². The Kier molecular flexibility index (Phi) is 12.8. The summed E-state index contributed by atoms with van der Waals surface area (Å²) >= 11 is 3.93. The van der Waals surface area contributed by atoms with Crippen LogP contribution in [0.4, 0.5) is 0 Å². The third kappa shape index (κ3) is 7.29. The Labute approximate surface area is 322 Å². The number of alkyl halides is 1. The van der Waals surface area contributed by atoms with Crippen LogP contribution in [-0.2, 0) is 33.9 Å². The average molecular weight is 866 g/mol. The molecule has 4 aliphatic heterocycles. The van der Waals surface area contributed by atoms with Crippen LogP contribution in [0.1, 0.15) is 61.0 Å². The van der Waals surface area contributed by atoms with E-state index >= 15 is 0 Å². The molecule has 5 unspecified atom stereocenters. The summed E-state index contributed by atoms with van der Waals surface area (Å²) in [4.78, 5) is 8.53. The van der Waals surface area contributed by atoms with E-state index in [0.29, 0.717) is 19.8 Å². The van der Waals surface area contributed by atoms with E-state index in [1.807, 2.05) is 18.2 Å². The zero-order valence-corrected chi connectivity index (χ0v) is 36.6. The van der Waals surface area contributed by atoms with Gasteiger partial charge in [-0.05, 0) is 0 Å².